The second kappa shape index (κ2) is 5.79. The summed E-state index contributed by atoms with van der Waals surface area (Å²) >= 11 is 4.30. The van der Waals surface area contributed by atoms with Crippen molar-refractivity contribution in [2.45, 2.75) is 0 Å². The summed E-state index contributed by atoms with van der Waals surface area (Å²) in [4.78, 5) is 24.7. The van der Waals surface area contributed by atoms with Gasteiger partial charge in [-0.15, -0.1) is 0 Å². The van der Waals surface area contributed by atoms with Crippen LogP contribution in [0.25, 0.3) is 10.8 Å². The van der Waals surface area contributed by atoms with Crippen molar-refractivity contribution < 1.29 is 4.79 Å². The summed E-state index contributed by atoms with van der Waals surface area (Å²) in [6, 6.07) is 16.3. The van der Waals surface area contributed by atoms with Gasteiger partial charge in [0.25, 0.3) is 5.91 Å². The van der Waals surface area contributed by atoms with Gasteiger partial charge in [0.2, 0.25) is 4.74 Å². The van der Waals surface area contributed by atoms with Crippen molar-refractivity contribution in [3.05, 3.63) is 73.5 Å². The summed E-state index contributed by atoms with van der Waals surface area (Å²) in [5.74, 6) is -0.273. The first-order valence-electron chi connectivity index (χ1n) is 6.23. The molecular formula is C16H10BrNO2S. The van der Waals surface area contributed by atoms with Crippen LogP contribution in [-0.4, -0.2) is 5.91 Å². The number of hydrogen-bond donors (Lipinski definition) is 1. The molecule has 0 spiro atoms. The van der Waals surface area contributed by atoms with Crippen LogP contribution in [0, 0.1) is 0 Å². The Bertz CT molecular complexity index is 871. The average Bonchev–Trinajstić information content (AvgIpc) is 2.49. The number of carbonyl (C=O) groups is 1. The van der Waals surface area contributed by atoms with Crippen LogP contribution >= 0.6 is 27.3 Å². The van der Waals surface area contributed by atoms with Crippen molar-refractivity contribution in [1.82, 2.24) is 0 Å². The molecular weight excluding hydrogens is 350 g/mol. The quantitative estimate of drug-likeness (QED) is 0.742. The van der Waals surface area contributed by atoms with Gasteiger partial charge in [0.05, 0.1) is 4.88 Å². The number of hydrogen-bond acceptors (Lipinski definition) is 3. The third kappa shape index (κ3) is 3.04. The lowest BCUT2D eigenvalue weighted by atomic mass is 10.2. The Kier molecular flexibility index (Phi) is 3.86. The normalized spacial score (nSPS) is 10.5. The van der Waals surface area contributed by atoms with Crippen molar-refractivity contribution in [2.75, 3.05) is 5.32 Å². The highest BCUT2D eigenvalue weighted by atomic mass is 79.9. The number of carbonyl (C=O) groups excluding carboxylic acids is 1. The lowest BCUT2D eigenvalue weighted by Gasteiger charge is -2.05. The van der Waals surface area contributed by atoms with Crippen LogP contribution in [0.1, 0.15) is 9.67 Å². The fourth-order valence-electron chi connectivity index (χ4n) is 1.97. The lowest BCUT2D eigenvalue weighted by molar-refractivity contribution is 0.103. The molecule has 1 N–H and O–H groups in total. The molecule has 0 atom stereocenters. The zero-order valence-electron chi connectivity index (χ0n) is 10.8. The molecule has 0 fully saturated rings. The minimum atomic E-state index is -0.273. The van der Waals surface area contributed by atoms with Crippen molar-refractivity contribution in [3.63, 3.8) is 0 Å². The SMILES string of the molecule is O=C(Nc1ccc(Br)cc1)c1cc2ccccc2c(=O)s1. The van der Waals surface area contributed by atoms with Gasteiger partial charge >= 0.3 is 0 Å². The van der Waals surface area contributed by atoms with E-state index in [1.807, 2.05) is 30.3 Å². The van der Waals surface area contributed by atoms with E-state index in [-0.39, 0.29) is 10.6 Å². The highest BCUT2D eigenvalue weighted by Gasteiger charge is 2.10. The summed E-state index contributed by atoms with van der Waals surface area (Å²) in [6.45, 7) is 0. The standard InChI is InChI=1S/C16H10BrNO2S/c17-11-5-7-12(8-6-11)18-15(19)14-9-10-3-1-2-4-13(10)16(20)21-14/h1-9H,(H,18,19). The maximum absolute atomic E-state index is 12.2. The molecule has 0 bridgehead atoms. The zero-order chi connectivity index (χ0) is 14.8. The number of amides is 1. The predicted molar refractivity (Wildman–Crippen MR) is 90.2 cm³/mol. The molecule has 0 saturated carbocycles. The van der Waals surface area contributed by atoms with E-state index in [1.165, 1.54) is 0 Å². The van der Waals surface area contributed by atoms with Crippen LogP contribution in [0.15, 0.2) is 63.9 Å². The summed E-state index contributed by atoms with van der Waals surface area (Å²) in [5, 5.41) is 4.21. The van der Waals surface area contributed by atoms with Crippen molar-refractivity contribution >= 4 is 49.6 Å². The Morgan fingerprint density at radius 2 is 1.76 bits per heavy atom. The van der Waals surface area contributed by atoms with Gasteiger partial charge in [0, 0.05) is 15.5 Å². The number of fused-ring (bicyclic) bond motifs is 1. The number of benzene rings is 2. The van der Waals surface area contributed by atoms with E-state index in [1.54, 1.807) is 24.3 Å². The van der Waals surface area contributed by atoms with Crippen LogP contribution in [0.5, 0.6) is 0 Å². The van der Waals surface area contributed by atoms with Crippen LogP contribution in [0.2, 0.25) is 0 Å². The van der Waals surface area contributed by atoms with Crippen LogP contribution in [0.4, 0.5) is 5.69 Å². The van der Waals surface area contributed by atoms with Gasteiger partial charge in [-0.3, -0.25) is 9.59 Å². The van der Waals surface area contributed by atoms with Crippen LogP contribution < -0.4 is 10.1 Å². The monoisotopic (exact) mass is 359 g/mol. The van der Waals surface area contributed by atoms with E-state index in [9.17, 15) is 9.59 Å². The first kappa shape index (κ1) is 14.0. The van der Waals surface area contributed by atoms with Gasteiger partial charge in [0.15, 0.2) is 0 Å². The zero-order valence-corrected chi connectivity index (χ0v) is 13.2. The van der Waals surface area contributed by atoms with Crippen molar-refractivity contribution in [1.29, 1.82) is 0 Å². The Balaban J connectivity index is 1.94. The van der Waals surface area contributed by atoms with Gasteiger partial charge < -0.3 is 5.32 Å². The Labute approximate surface area is 133 Å². The number of rotatable bonds is 2. The Morgan fingerprint density at radius 1 is 1.05 bits per heavy atom. The summed E-state index contributed by atoms with van der Waals surface area (Å²) in [6.07, 6.45) is 0. The largest absolute Gasteiger partial charge is 0.321 e. The molecule has 1 amide bonds. The molecule has 21 heavy (non-hydrogen) atoms. The van der Waals surface area contributed by atoms with Crippen LogP contribution in [-0.2, 0) is 0 Å². The molecule has 104 valence electrons. The highest BCUT2D eigenvalue weighted by Crippen LogP contribution is 2.18. The molecule has 1 aromatic heterocycles. The summed E-state index contributed by atoms with van der Waals surface area (Å²) in [7, 11) is 0. The average molecular weight is 360 g/mol. The maximum atomic E-state index is 12.2. The predicted octanol–water partition coefficient (Wildman–Crippen LogP) is 4.28. The third-order valence-electron chi connectivity index (χ3n) is 3.00. The van der Waals surface area contributed by atoms with Gasteiger partial charge in [-0.1, -0.05) is 45.5 Å². The Morgan fingerprint density at radius 3 is 2.52 bits per heavy atom. The first-order chi connectivity index (χ1) is 10.1. The molecule has 3 nitrogen and oxygen atoms in total. The minimum Gasteiger partial charge on any atom is -0.321 e. The molecule has 2 aromatic carbocycles. The van der Waals surface area contributed by atoms with E-state index in [0.717, 1.165) is 21.2 Å². The van der Waals surface area contributed by atoms with Gasteiger partial charge in [-0.25, -0.2) is 0 Å². The lowest BCUT2D eigenvalue weighted by Crippen LogP contribution is -2.12. The second-order valence-electron chi connectivity index (χ2n) is 4.45. The van der Waals surface area contributed by atoms with Gasteiger partial charge in [0.1, 0.15) is 0 Å². The summed E-state index contributed by atoms with van der Waals surface area (Å²) < 4.78 is 0.838. The molecule has 5 heteroatoms. The topological polar surface area (TPSA) is 46.2 Å². The van der Waals surface area contributed by atoms with Gasteiger partial charge in [-0.05, 0) is 41.8 Å². The van der Waals surface area contributed by atoms with Crippen molar-refractivity contribution in [2.24, 2.45) is 0 Å². The molecule has 0 unspecified atom stereocenters. The molecule has 0 saturated heterocycles. The summed E-state index contributed by atoms with van der Waals surface area (Å²) in [5.41, 5.74) is 0.691. The van der Waals surface area contributed by atoms with E-state index >= 15 is 0 Å². The minimum absolute atomic E-state index is 0.103. The molecule has 0 radical (unpaired) electrons. The molecule has 0 aliphatic rings. The van der Waals surface area contributed by atoms with E-state index in [4.69, 9.17) is 0 Å². The highest BCUT2D eigenvalue weighted by molar-refractivity contribution is 9.10. The first-order valence-corrected chi connectivity index (χ1v) is 7.84. The second-order valence-corrected chi connectivity index (χ2v) is 6.38. The molecule has 1 heterocycles. The van der Waals surface area contributed by atoms with E-state index in [0.29, 0.717) is 16.0 Å². The number of nitrogens with one attached hydrogen (secondary N) is 1. The fraction of sp³-hybridized carbons (Fsp3) is 0. The van der Waals surface area contributed by atoms with E-state index < -0.39 is 0 Å². The fourth-order valence-corrected chi connectivity index (χ4v) is 3.06. The number of halogens is 1. The Hall–Kier alpha value is -1.98. The van der Waals surface area contributed by atoms with Crippen molar-refractivity contribution in [3.8, 4) is 0 Å². The van der Waals surface area contributed by atoms with Gasteiger partial charge in [-0.2, -0.15) is 0 Å². The van der Waals surface area contributed by atoms with E-state index in [2.05, 4.69) is 21.2 Å². The number of anilines is 1. The molecule has 0 aliphatic heterocycles. The molecule has 3 rings (SSSR count). The maximum Gasteiger partial charge on any atom is 0.265 e. The van der Waals surface area contributed by atoms with Crippen LogP contribution in [0.3, 0.4) is 0 Å². The smallest absolute Gasteiger partial charge is 0.265 e. The molecule has 0 aliphatic carbocycles. The molecule has 3 aromatic rings. The third-order valence-corrected chi connectivity index (χ3v) is 4.45.